The van der Waals surface area contributed by atoms with Gasteiger partial charge in [0.25, 0.3) is 0 Å². The van der Waals surface area contributed by atoms with Crippen LogP contribution < -0.4 is 0 Å². The number of aromatic nitrogens is 3. The van der Waals surface area contributed by atoms with E-state index in [1.54, 1.807) is 16.8 Å². The first-order chi connectivity index (χ1) is 9.69. The standard InChI is InChI=1S/C14H14ClN3O2/c1-20-14(19)11-3-2-4-12-16-13(17-18(11)12)9-5-7-10(15)8-6-9/h5-8,11H,2-4H2,1H3. The summed E-state index contributed by atoms with van der Waals surface area (Å²) < 4.78 is 6.53. The van der Waals surface area contributed by atoms with Crippen molar-refractivity contribution in [3.05, 3.63) is 35.1 Å². The summed E-state index contributed by atoms with van der Waals surface area (Å²) in [5.74, 6) is 1.18. The molecule has 1 aliphatic heterocycles. The van der Waals surface area contributed by atoms with Crippen LogP contribution >= 0.6 is 11.6 Å². The average molecular weight is 292 g/mol. The van der Waals surface area contributed by atoms with Crippen LogP contribution in [0.15, 0.2) is 24.3 Å². The Balaban J connectivity index is 1.99. The lowest BCUT2D eigenvalue weighted by molar-refractivity contribution is -0.145. The highest BCUT2D eigenvalue weighted by atomic mass is 35.5. The molecule has 0 aliphatic carbocycles. The van der Waals surface area contributed by atoms with Crippen molar-refractivity contribution in [2.75, 3.05) is 7.11 Å². The van der Waals surface area contributed by atoms with E-state index >= 15 is 0 Å². The van der Waals surface area contributed by atoms with Crippen LogP contribution in [-0.4, -0.2) is 27.8 Å². The van der Waals surface area contributed by atoms with Crippen molar-refractivity contribution < 1.29 is 9.53 Å². The van der Waals surface area contributed by atoms with Gasteiger partial charge in [-0.25, -0.2) is 14.5 Å². The molecule has 0 amide bonds. The summed E-state index contributed by atoms with van der Waals surface area (Å²) >= 11 is 5.88. The highest BCUT2D eigenvalue weighted by Gasteiger charge is 2.29. The van der Waals surface area contributed by atoms with Crippen molar-refractivity contribution >= 4 is 17.6 Å². The number of carbonyl (C=O) groups is 1. The number of halogens is 1. The van der Waals surface area contributed by atoms with E-state index in [1.165, 1.54) is 7.11 Å². The predicted molar refractivity (Wildman–Crippen MR) is 74.5 cm³/mol. The molecule has 1 unspecified atom stereocenters. The van der Waals surface area contributed by atoms with E-state index in [2.05, 4.69) is 10.1 Å². The minimum atomic E-state index is -0.364. The fraction of sp³-hybridized carbons (Fsp3) is 0.357. The third-order valence-corrected chi connectivity index (χ3v) is 3.70. The molecule has 0 bridgehead atoms. The molecule has 6 heteroatoms. The molecule has 0 fully saturated rings. The molecule has 1 aromatic heterocycles. The Morgan fingerprint density at radius 1 is 1.40 bits per heavy atom. The quantitative estimate of drug-likeness (QED) is 0.798. The molecule has 3 rings (SSSR count). The number of carbonyl (C=O) groups excluding carboxylic acids is 1. The van der Waals surface area contributed by atoms with Gasteiger partial charge in [-0.15, -0.1) is 5.10 Å². The van der Waals surface area contributed by atoms with Crippen LogP contribution in [0.3, 0.4) is 0 Å². The second-order valence-corrected chi connectivity index (χ2v) is 5.17. The number of rotatable bonds is 2. The third-order valence-electron chi connectivity index (χ3n) is 3.45. The molecule has 2 heterocycles. The number of esters is 1. The molecule has 0 spiro atoms. The normalized spacial score (nSPS) is 17.6. The van der Waals surface area contributed by atoms with E-state index in [4.69, 9.17) is 16.3 Å². The Labute approximate surface area is 121 Å². The maximum Gasteiger partial charge on any atom is 0.330 e. The van der Waals surface area contributed by atoms with Gasteiger partial charge in [0.1, 0.15) is 5.82 Å². The third kappa shape index (κ3) is 2.29. The average Bonchev–Trinajstić information content (AvgIpc) is 2.91. The van der Waals surface area contributed by atoms with Gasteiger partial charge in [-0.1, -0.05) is 11.6 Å². The van der Waals surface area contributed by atoms with Gasteiger partial charge in [0.15, 0.2) is 11.9 Å². The van der Waals surface area contributed by atoms with Crippen molar-refractivity contribution in [1.82, 2.24) is 14.8 Å². The second kappa shape index (κ2) is 5.25. The van der Waals surface area contributed by atoms with Crippen LogP contribution in [0.25, 0.3) is 11.4 Å². The van der Waals surface area contributed by atoms with Crippen LogP contribution in [0.2, 0.25) is 5.02 Å². The fourth-order valence-electron chi connectivity index (χ4n) is 2.43. The van der Waals surface area contributed by atoms with Crippen molar-refractivity contribution in [2.24, 2.45) is 0 Å². The molecule has 0 radical (unpaired) electrons. The van der Waals surface area contributed by atoms with Crippen molar-refractivity contribution in [3.8, 4) is 11.4 Å². The number of benzene rings is 1. The lowest BCUT2D eigenvalue weighted by Crippen LogP contribution is -2.27. The number of hydrogen-bond acceptors (Lipinski definition) is 4. The van der Waals surface area contributed by atoms with Crippen LogP contribution in [0, 0.1) is 0 Å². The first kappa shape index (κ1) is 13.1. The van der Waals surface area contributed by atoms with E-state index in [-0.39, 0.29) is 12.0 Å². The molecular formula is C14H14ClN3O2. The van der Waals surface area contributed by atoms with Gasteiger partial charge in [-0.05, 0) is 37.1 Å². The largest absolute Gasteiger partial charge is 0.467 e. The number of aryl methyl sites for hydroxylation is 1. The Kier molecular flexibility index (Phi) is 3.44. The van der Waals surface area contributed by atoms with E-state index in [0.717, 1.165) is 30.7 Å². The molecule has 20 heavy (non-hydrogen) atoms. The van der Waals surface area contributed by atoms with E-state index in [1.807, 2.05) is 12.1 Å². The SMILES string of the molecule is COC(=O)C1CCCc2nc(-c3ccc(Cl)cc3)nn21. The zero-order valence-corrected chi connectivity index (χ0v) is 11.8. The van der Waals surface area contributed by atoms with Crippen LogP contribution in [0.5, 0.6) is 0 Å². The van der Waals surface area contributed by atoms with Gasteiger partial charge < -0.3 is 4.74 Å². The molecule has 0 saturated heterocycles. The lowest BCUT2D eigenvalue weighted by Gasteiger charge is -2.20. The first-order valence-electron chi connectivity index (χ1n) is 6.48. The van der Waals surface area contributed by atoms with Gasteiger partial charge in [0.2, 0.25) is 0 Å². The fourth-order valence-corrected chi connectivity index (χ4v) is 2.55. The van der Waals surface area contributed by atoms with Crippen LogP contribution in [0.1, 0.15) is 24.7 Å². The summed E-state index contributed by atoms with van der Waals surface area (Å²) in [6, 6.07) is 6.98. The van der Waals surface area contributed by atoms with Crippen LogP contribution in [0.4, 0.5) is 0 Å². The Hall–Kier alpha value is -1.88. The van der Waals surface area contributed by atoms with E-state index in [0.29, 0.717) is 10.8 Å². The monoisotopic (exact) mass is 291 g/mol. The zero-order valence-electron chi connectivity index (χ0n) is 11.0. The molecule has 5 nitrogen and oxygen atoms in total. The predicted octanol–water partition coefficient (Wildman–Crippen LogP) is 2.65. The van der Waals surface area contributed by atoms with Crippen LogP contribution in [-0.2, 0) is 16.0 Å². The van der Waals surface area contributed by atoms with Crippen molar-refractivity contribution in [2.45, 2.75) is 25.3 Å². The maximum atomic E-state index is 11.8. The summed E-state index contributed by atoms with van der Waals surface area (Å²) in [7, 11) is 1.40. The summed E-state index contributed by atoms with van der Waals surface area (Å²) in [6.07, 6.45) is 2.48. The van der Waals surface area contributed by atoms with Crippen molar-refractivity contribution in [3.63, 3.8) is 0 Å². The zero-order chi connectivity index (χ0) is 14.1. The Bertz CT molecular complexity index is 636. The van der Waals surface area contributed by atoms with E-state index in [9.17, 15) is 4.79 Å². The number of hydrogen-bond donors (Lipinski definition) is 0. The first-order valence-corrected chi connectivity index (χ1v) is 6.86. The molecule has 1 aromatic carbocycles. The van der Waals surface area contributed by atoms with Crippen molar-refractivity contribution in [1.29, 1.82) is 0 Å². The van der Waals surface area contributed by atoms with Gasteiger partial charge in [-0.3, -0.25) is 0 Å². The van der Waals surface area contributed by atoms with Gasteiger partial charge >= 0.3 is 5.97 Å². The van der Waals surface area contributed by atoms with E-state index < -0.39 is 0 Å². The Morgan fingerprint density at radius 3 is 2.85 bits per heavy atom. The molecular weight excluding hydrogens is 278 g/mol. The molecule has 104 valence electrons. The highest BCUT2D eigenvalue weighted by molar-refractivity contribution is 6.30. The second-order valence-electron chi connectivity index (χ2n) is 4.73. The summed E-state index contributed by atoms with van der Waals surface area (Å²) in [4.78, 5) is 16.3. The number of fused-ring (bicyclic) bond motifs is 1. The summed E-state index contributed by atoms with van der Waals surface area (Å²) in [5.41, 5.74) is 0.889. The van der Waals surface area contributed by atoms with Gasteiger partial charge in [0.05, 0.1) is 7.11 Å². The molecule has 1 atom stereocenters. The number of nitrogens with zero attached hydrogens (tertiary/aromatic N) is 3. The molecule has 0 saturated carbocycles. The lowest BCUT2D eigenvalue weighted by atomic mass is 10.1. The summed E-state index contributed by atoms with van der Waals surface area (Å²) in [5, 5.41) is 5.13. The minimum absolute atomic E-state index is 0.265. The Morgan fingerprint density at radius 2 is 2.15 bits per heavy atom. The number of methoxy groups -OCH3 is 1. The maximum absolute atomic E-state index is 11.8. The molecule has 1 aliphatic rings. The smallest absolute Gasteiger partial charge is 0.330 e. The highest BCUT2D eigenvalue weighted by Crippen LogP contribution is 2.27. The molecule has 2 aromatic rings. The molecule has 0 N–H and O–H groups in total. The van der Waals surface area contributed by atoms with Gasteiger partial charge in [-0.2, -0.15) is 0 Å². The topological polar surface area (TPSA) is 57.0 Å². The summed E-state index contributed by atoms with van der Waals surface area (Å²) in [6.45, 7) is 0. The van der Waals surface area contributed by atoms with Gasteiger partial charge in [0, 0.05) is 17.0 Å². The minimum Gasteiger partial charge on any atom is -0.467 e. The number of ether oxygens (including phenoxy) is 1.